The van der Waals surface area contributed by atoms with E-state index in [2.05, 4.69) is 26.8 Å². The van der Waals surface area contributed by atoms with Crippen molar-refractivity contribution < 1.29 is 9.57 Å². The molecule has 0 atom stereocenters. The van der Waals surface area contributed by atoms with Gasteiger partial charge in [-0.1, -0.05) is 0 Å². The van der Waals surface area contributed by atoms with E-state index in [1.54, 1.807) is 7.11 Å². The van der Waals surface area contributed by atoms with Crippen molar-refractivity contribution in [3.05, 3.63) is 24.3 Å². The number of rotatable bonds is 6. The Kier molecular flexibility index (Phi) is 5.44. The van der Waals surface area contributed by atoms with Gasteiger partial charge in [0.2, 0.25) is 0 Å². The van der Waals surface area contributed by atoms with E-state index in [0.29, 0.717) is 6.61 Å². The maximum Gasteiger partial charge on any atom is 0.119 e. The Hall–Kier alpha value is -1.30. The lowest BCUT2D eigenvalue weighted by Gasteiger charge is -2.36. The molecule has 2 rings (SSSR count). The lowest BCUT2D eigenvalue weighted by atomic mass is 10.2. The number of methoxy groups -OCH3 is 1. The van der Waals surface area contributed by atoms with Crippen LogP contribution >= 0.6 is 0 Å². The minimum absolute atomic E-state index is 0.638. The Morgan fingerprint density at radius 1 is 1.11 bits per heavy atom. The number of nitrogens with zero attached hydrogens (tertiary/aromatic N) is 2. The molecule has 1 aromatic carbocycles. The summed E-state index contributed by atoms with van der Waals surface area (Å²) in [6.45, 7) is 6.02. The number of nitrogens with two attached hydrogens (primary N) is 1. The van der Waals surface area contributed by atoms with E-state index >= 15 is 0 Å². The van der Waals surface area contributed by atoms with E-state index in [-0.39, 0.29) is 0 Å². The lowest BCUT2D eigenvalue weighted by Crippen LogP contribution is -2.46. The van der Waals surface area contributed by atoms with Crippen molar-refractivity contribution in [3.63, 3.8) is 0 Å². The number of benzene rings is 1. The molecule has 1 fully saturated rings. The molecule has 1 saturated heterocycles. The molecule has 0 aromatic heterocycles. The molecule has 106 valence electrons. The molecular formula is C14H23N3O2. The van der Waals surface area contributed by atoms with Gasteiger partial charge in [0.25, 0.3) is 0 Å². The molecule has 2 N–H and O–H groups in total. The molecular weight excluding hydrogens is 242 g/mol. The van der Waals surface area contributed by atoms with Crippen molar-refractivity contribution in [2.24, 2.45) is 5.90 Å². The molecule has 0 radical (unpaired) electrons. The first kappa shape index (κ1) is 14.1. The molecule has 0 saturated carbocycles. The van der Waals surface area contributed by atoms with E-state index in [9.17, 15) is 0 Å². The van der Waals surface area contributed by atoms with Crippen LogP contribution in [0.2, 0.25) is 0 Å². The van der Waals surface area contributed by atoms with Crippen LogP contribution < -0.4 is 15.5 Å². The fourth-order valence-corrected chi connectivity index (χ4v) is 2.39. The molecule has 0 bridgehead atoms. The Morgan fingerprint density at radius 2 is 1.79 bits per heavy atom. The highest BCUT2D eigenvalue weighted by Gasteiger charge is 2.16. The normalized spacial score (nSPS) is 16.6. The molecule has 5 heteroatoms. The Labute approximate surface area is 114 Å². The molecule has 5 nitrogen and oxygen atoms in total. The van der Waals surface area contributed by atoms with Gasteiger partial charge in [-0.3, -0.25) is 4.90 Å². The van der Waals surface area contributed by atoms with Crippen molar-refractivity contribution in [2.75, 3.05) is 51.3 Å². The molecule has 0 aliphatic carbocycles. The minimum Gasteiger partial charge on any atom is -0.497 e. The summed E-state index contributed by atoms with van der Waals surface area (Å²) in [4.78, 5) is 9.47. The molecule has 1 aliphatic rings. The van der Waals surface area contributed by atoms with Crippen molar-refractivity contribution in [1.82, 2.24) is 4.90 Å². The largest absolute Gasteiger partial charge is 0.497 e. The van der Waals surface area contributed by atoms with Gasteiger partial charge in [-0.25, -0.2) is 5.90 Å². The third kappa shape index (κ3) is 4.09. The molecule has 0 spiro atoms. The highest BCUT2D eigenvalue weighted by Crippen LogP contribution is 2.20. The van der Waals surface area contributed by atoms with Crippen LogP contribution in [0.4, 0.5) is 5.69 Å². The van der Waals surface area contributed by atoms with Gasteiger partial charge in [0.05, 0.1) is 13.7 Å². The zero-order valence-electron chi connectivity index (χ0n) is 11.5. The summed E-state index contributed by atoms with van der Waals surface area (Å²) in [5.41, 5.74) is 1.27. The van der Waals surface area contributed by atoms with E-state index in [1.807, 2.05) is 12.1 Å². The van der Waals surface area contributed by atoms with Crippen LogP contribution in [0, 0.1) is 0 Å². The second kappa shape index (κ2) is 7.33. The van der Waals surface area contributed by atoms with Gasteiger partial charge in [-0.15, -0.1) is 0 Å². The summed E-state index contributed by atoms with van der Waals surface area (Å²) in [5.74, 6) is 5.94. The number of ether oxygens (including phenoxy) is 1. The average Bonchev–Trinajstić information content (AvgIpc) is 2.48. The van der Waals surface area contributed by atoms with Crippen LogP contribution in [0.3, 0.4) is 0 Å². The Balaban J connectivity index is 1.78. The predicted octanol–water partition coefficient (Wildman–Crippen LogP) is 1.10. The van der Waals surface area contributed by atoms with Crippen LogP contribution in [-0.4, -0.2) is 51.3 Å². The van der Waals surface area contributed by atoms with E-state index in [4.69, 9.17) is 10.6 Å². The number of anilines is 1. The minimum atomic E-state index is 0.638. The van der Waals surface area contributed by atoms with E-state index < -0.39 is 0 Å². The molecule has 1 aliphatic heterocycles. The third-order valence-corrected chi connectivity index (χ3v) is 3.55. The number of hydrogen-bond donors (Lipinski definition) is 1. The summed E-state index contributed by atoms with van der Waals surface area (Å²) in [6.07, 6.45) is 0.999. The van der Waals surface area contributed by atoms with Crippen molar-refractivity contribution in [3.8, 4) is 5.75 Å². The SMILES string of the molecule is COc1ccc(N2CCN(CCCON)CC2)cc1. The fraction of sp³-hybridized carbons (Fsp3) is 0.571. The summed E-state index contributed by atoms with van der Waals surface area (Å²) in [6, 6.07) is 8.27. The van der Waals surface area contributed by atoms with Gasteiger partial charge in [0.15, 0.2) is 0 Å². The summed E-state index contributed by atoms with van der Waals surface area (Å²) >= 11 is 0. The summed E-state index contributed by atoms with van der Waals surface area (Å²) in [7, 11) is 1.69. The first-order valence-corrected chi connectivity index (χ1v) is 6.76. The molecule has 19 heavy (non-hydrogen) atoms. The van der Waals surface area contributed by atoms with Gasteiger partial charge in [-0.05, 0) is 30.7 Å². The first-order chi connectivity index (χ1) is 9.33. The predicted molar refractivity (Wildman–Crippen MR) is 76.4 cm³/mol. The van der Waals surface area contributed by atoms with E-state index in [1.165, 1.54) is 5.69 Å². The fourth-order valence-electron chi connectivity index (χ4n) is 2.39. The average molecular weight is 265 g/mol. The van der Waals surface area contributed by atoms with Gasteiger partial charge < -0.3 is 14.5 Å². The monoisotopic (exact) mass is 265 g/mol. The number of hydrogen-bond acceptors (Lipinski definition) is 5. The smallest absolute Gasteiger partial charge is 0.119 e. The van der Waals surface area contributed by atoms with Crippen LogP contribution in [0.15, 0.2) is 24.3 Å². The van der Waals surface area contributed by atoms with Crippen LogP contribution in [0.1, 0.15) is 6.42 Å². The van der Waals surface area contributed by atoms with E-state index in [0.717, 1.165) is 44.9 Å². The standard InChI is InChI=1S/C14H23N3O2/c1-18-14-5-3-13(4-6-14)17-10-8-16(9-11-17)7-2-12-19-15/h3-6H,2,7-12,15H2,1H3. The zero-order valence-corrected chi connectivity index (χ0v) is 11.5. The van der Waals surface area contributed by atoms with Gasteiger partial charge >= 0.3 is 0 Å². The molecule has 1 aromatic rings. The first-order valence-electron chi connectivity index (χ1n) is 6.76. The maximum absolute atomic E-state index is 5.18. The lowest BCUT2D eigenvalue weighted by molar-refractivity contribution is 0.122. The molecule has 0 unspecified atom stereocenters. The Morgan fingerprint density at radius 3 is 2.37 bits per heavy atom. The quantitative estimate of drug-likeness (QED) is 0.616. The number of piperazine rings is 1. The highest BCUT2D eigenvalue weighted by atomic mass is 16.6. The summed E-state index contributed by atoms with van der Waals surface area (Å²) < 4.78 is 5.18. The topological polar surface area (TPSA) is 51.0 Å². The van der Waals surface area contributed by atoms with Crippen LogP contribution in [0.25, 0.3) is 0 Å². The van der Waals surface area contributed by atoms with Crippen molar-refractivity contribution in [2.45, 2.75) is 6.42 Å². The van der Waals surface area contributed by atoms with Crippen LogP contribution in [-0.2, 0) is 4.84 Å². The van der Waals surface area contributed by atoms with Gasteiger partial charge in [0.1, 0.15) is 5.75 Å². The third-order valence-electron chi connectivity index (χ3n) is 3.55. The highest BCUT2D eigenvalue weighted by molar-refractivity contribution is 5.49. The van der Waals surface area contributed by atoms with Gasteiger partial charge in [-0.2, -0.15) is 0 Å². The molecule has 1 heterocycles. The Bertz CT molecular complexity index is 361. The van der Waals surface area contributed by atoms with Crippen LogP contribution in [0.5, 0.6) is 5.75 Å². The second-order valence-electron chi connectivity index (χ2n) is 4.75. The van der Waals surface area contributed by atoms with Gasteiger partial charge in [0, 0.05) is 38.4 Å². The summed E-state index contributed by atoms with van der Waals surface area (Å²) in [5, 5.41) is 0. The van der Waals surface area contributed by atoms with Crippen molar-refractivity contribution >= 4 is 5.69 Å². The van der Waals surface area contributed by atoms with Crippen molar-refractivity contribution in [1.29, 1.82) is 0 Å². The zero-order chi connectivity index (χ0) is 13.5. The maximum atomic E-state index is 5.18. The second-order valence-corrected chi connectivity index (χ2v) is 4.75. The molecule has 0 amide bonds.